The van der Waals surface area contributed by atoms with Crippen LogP contribution < -0.4 is 9.62 Å². The summed E-state index contributed by atoms with van der Waals surface area (Å²) in [5, 5.41) is 3.11. The van der Waals surface area contributed by atoms with Gasteiger partial charge in [0.1, 0.15) is 12.6 Å². The fourth-order valence-electron chi connectivity index (χ4n) is 3.90. The van der Waals surface area contributed by atoms with Gasteiger partial charge < -0.3 is 10.2 Å². The lowest BCUT2D eigenvalue weighted by Crippen LogP contribution is -2.51. The van der Waals surface area contributed by atoms with Crippen LogP contribution in [0.25, 0.3) is 0 Å². The zero-order valence-corrected chi connectivity index (χ0v) is 23.4. The van der Waals surface area contributed by atoms with Crippen molar-refractivity contribution < 1.29 is 31.2 Å². The summed E-state index contributed by atoms with van der Waals surface area (Å²) >= 11 is 6.10. The minimum atomic E-state index is -4.74. The van der Waals surface area contributed by atoms with Crippen molar-refractivity contribution >= 4 is 39.1 Å². The number of nitrogens with zero attached hydrogens (tertiary/aromatic N) is 2. The number of anilines is 1. The summed E-state index contributed by atoms with van der Waals surface area (Å²) in [5.74, 6) is -1.26. The van der Waals surface area contributed by atoms with Gasteiger partial charge in [-0.1, -0.05) is 54.9 Å². The van der Waals surface area contributed by atoms with Crippen molar-refractivity contribution in [1.29, 1.82) is 0 Å². The molecule has 0 aliphatic carbocycles. The van der Waals surface area contributed by atoms with Gasteiger partial charge in [0, 0.05) is 18.1 Å². The molecule has 7 nitrogen and oxygen atoms in total. The molecule has 0 aromatic heterocycles. The smallest absolute Gasteiger partial charge is 0.354 e. The van der Waals surface area contributed by atoms with Crippen LogP contribution in [0.4, 0.5) is 18.9 Å². The van der Waals surface area contributed by atoms with E-state index in [2.05, 4.69) is 5.32 Å². The highest BCUT2D eigenvalue weighted by atomic mass is 35.5. The van der Waals surface area contributed by atoms with Gasteiger partial charge >= 0.3 is 6.18 Å². The number of halogens is 4. The second-order valence-electron chi connectivity index (χ2n) is 8.99. The van der Waals surface area contributed by atoms with Crippen LogP contribution in [0.15, 0.2) is 83.8 Å². The maximum Gasteiger partial charge on any atom is 0.416 e. The van der Waals surface area contributed by atoms with Gasteiger partial charge in [-0.2, -0.15) is 13.2 Å². The van der Waals surface area contributed by atoms with E-state index in [9.17, 15) is 31.2 Å². The average Bonchev–Trinajstić information content (AvgIpc) is 2.92. The summed E-state index contributed by atoms with van der Waals surface area (Å²) < 4.78 is 68.5. The molecule has 214 valence electrons. The molecule has 3 rings (SSSR count). The van der Waals surface area contributed by atoms with Crippen LogP contribution in [-0.4, -0.2) is 44.3 Å². The van der Waals surface area contributed by atoms with E-state index < -0.39 is 46.2 Å². The molecule has 0 fully saturated rings. The van der Waals surface area contributed by atoms with E-state index >= 15 is 0 Å². The zero-order valence-electron chi connectivity index (χ0n) is 21.9. The molecule has 0 spiro atoms. The fourth-order valence-corrected chi connectivity index (χ4v) is 5.54. The highest BCUT2D eigenvalue weighted by molar-refractivity contribution is 7.92. The van der Waals surface area contributed by atoms with E-state index in [1.54, 1.807) is 30.3 Å². The third-order valence-electron chi connectivity index (χ3n) is 6.03. The first-order chi connectivity index (χ1) is 18.8. The van der Waals surface area contributed by atoms with Crippen molar-refractivity contribution in [2.75, 3.05) is 17.4 Å². The molecular formula is C28H29ClF3N3O4S. The topological polar surface area (TPSA) is 86.8 Å². The molecule has 0 saturated carbocycles. The van der Waals surface area contributed by atoms with Crippen LogP contribution in [0.5, 0.6) is 0 Å². The predicted octanol–water partition coefficient (Wildman–Crippen LogP) is 5.50. The van der Waals surface area contributed by atoms with Gasteiger partial charge in [-0.15, -0.1) is 0 Å². The monoisotopic (exact) mass is 595 g/mol. The van der Waals surface area contributed by atoms with Gasteiger partial charge in [-0.25, -0.2) is 8.42 Å². The molecule has 0 aliphatic heterocycles. The summed E-state index contributed by atoms with van der Waals surface area (Å²) in [6.07, 6.45) is -4.09. The number of benzene rings is 3. The SMILES string of the molecule is CCCNC(=O)[C@H](C)N(Cc1cccc(Cl)c1)C(=O)CN(c1cccc(C(F)(F)F)c1)S(=O)(=O)c1ccccc1. The second kappa shape index (κ2) is 13.2. The second-order valence-corrected chi connectivity index (χ2v) is 11.3. The third-order valence-corrected chi connectivity index (χ3v) is 8.05. The van der Waals surface area contributed by atoms with E-state index in [-0.39, 0.29) is 17.1 Å². The molecule has 3 aromatic rings. The minimum absolute atomic E-state index is 0.0953. The number of sulfonamides is 1. The first-order valence-electron chi connectivity index (χ1n) is 12.4. The standard InChI is InChI=1S/C28H29ClF3N3O4S/c1-3-15-33-27(37)20(2)34(18-21-9-7-11-23(29)16-21)26(36)19-35(40(38,39)25-13-5-4-6-14-25)24-12-8-10-22(17-24)28(30,31)32/h4-14,16-17,20H,3,15,18-19H2,1-2H3,(H,33,37)/t20-/m0/s1. The Morgan fingerprint density at radius 3 is 2.27 bits per heavy atom. The lowest BCUT2D eigenvalue weighted by molar-refractivity contribution is -0.139. The van der Waals surface area contributed by atoms with Crippen LogP contribution in [0.1, 0.15) is 31.4 Å². The number of alkyl halides is 3. The number of amides is 2. The summed E-state index contributed by atoms with van der Waals surface area (Å²) in [7, 11) is -4.49. The average molecular weight is 596 g/mol. The highest BCUT2D eigenvalue weighted by Gasteiger charge is 2.35. The maximum atomic E-state index is 13.8. The molecule has 0 aliphatic rings. The Bertz CT molecular complexity index is 1440. The number of hydrogen-bond donors (Lipinski definition) is 1. The number of rotatable bonds is 11. The molecule has 40 heavy (non-hydrogen) atoms. The Morgan fingerprint density at radius 1 is 0.975 bits per heavy atom. The first-order valence-corrected chi connectivity index (χ1v) is 14.2. The lowest BCUT2D eigenvalue weighted by atomic mass is 10.1. The number of hydrogen-bond acceptors (Lipinski definition) is 4. The van der Waals surface area contributed by atoms with Crippen molar-refractivity contribution in [3.8, 4) is 0 Å². The molecule has 0 radical (unpaired) electrons. The fraction of sp³-hybridized carbons (Fsp3) is 0.286. The van der Waals surface area contributed by atoms with Crippen molar-refractivity contribution in [3.05, 3.63) is 95.0 Å². The Labute approximate surface area is 236 Å². The normalized spacial score (nSPS) is 12.4. The van der Waals surface area contributed by atoms with Crippen LogP contribution in [0, 0.1) is 0 Å². The van der Waals surface area contributed by atoms with Crippen molar-refractivity contribution in [3.63, 3.8) is 0 Å². The Kier molecular flexibility index (Phi) is 10.2. The molecule has 2 amide bonds. The van der Waals surface area contributed by atoms with Gasteiger partial charge in [0.25, 0.3) is 10.0 Å². The molecule has 0 heterocycles. The molecule has 1 N–H and O–H groups in total. The Morgan fingerprint density at radius 2 is 1.65 bits per heavy atom. The maximum absolute atomic E-state index is 13.8. The highest BCUT2D eigenvalue weighted by Crippen LogP contribution is 2.33. The zero-order chi connectivity index (χ0) is 29.5. The quantitative estimate of drug-likeness (QED) is 0.317. The van der Waals surface area contributed by atoms with E-state index in [0.29, 0.717) is 33.9 Å². The molecule has 3 aromatic carbocycles. The Balaban J connectivity index is 2.07. The summed E-state index contributed by atoms with van der Waals surface area (Å²) in [5.41, 5.74) is -0.848. The van der Waals surface area contributed by atoms with Crippen LogP contribution in [-0.2, 0) is 32.3 Å². The first kappa shape index (κ1) is 31.0. The van der Waals surface area contributed by atoms with Gasteiger partial charge in [0.05, 0.1) is 16.1 Å². The predicted molar refractivity (Wildman–Crippen MR) is 147 cm³/mol. The van der Waals surface area contributed by atoms with Gasteiger partial charge in [-0.05, 0) is 61.4 Å². The van der Waals surface area contributed by atoms with E-state index in [4.69, 9.17) is 11.6 Å². The molecule has 12 heteroatoms. The summed E-state index contributed by atoms with van der Waals surface area (Å²) in [6, 6.07) is 16.4. The molecule has 0 saturated heterocycles. The van der Waals surface area contributed by atoms with Crippen LogP contribution >= 0.6 is 11.6 Å². The van der Waals surface area contributed by atoms with Crippen LogP contribution in [0.2, 0.25) is 5.02 Å². The summed E-state index contributed by atoms with van der Waals surface area (Å²) in [6.45, 7) is 2.77. The molecule has 0 unspecified atom stereocenters. The molecular weight excluding hydrogens is 567 g/mol. The number of carbonyl (C=O) groups is 2. The number of nitrogens with one attached hydrogen (secondary N) is 1. The van der Waals surface area contributed by atoms with Gasteiger partial charge in [0.15, 0.2) is 0 Å². The largest absolute Gasteiger partial charge is 0.416 e. The Hall–Kier alpha value is -3.57. The van der Waals surface area contributed by atoms with Gasteiger partial charge in [-0.3, -0.25) is 13.9 Å². The van der Waals surface area contributed by atoms with E-state index in [1.165, 1.54) is 42.2 Å². The summed E-state index contributed by atoms with van der Waals surface area (Å²) in [4.78, 5) is 27.6. The van der Waals surface area contributed by atoms with Crippen molar-refractivity contribution in [2.45, 2.75) is 43.9 Å². The molecule has 0 bridgehead atoms. The van der Waals surface area contributed by atoms with Crippen molar-refractivity contribution in [2.24, 2.45) is 0 Å². The van der Waals surface area contributed by atoms with Crippen molar-refractivity contribution in [1.82, 2.24) is 10.2 Å². The number of carbonyl (C=O) groups excluding carboxylic acids is 2. The lowest BCUT2D eigenvalue weighted by Gasteiger charge is -2.32. The van der Waals surface area contributed by atoms with Crippen LogP contribution in [0.3, 0.4) is 0 Å². The van der Waals surface area contributed by atoms with E-state index in [0.717, 1.165) is 12.1 Å². The van der Waals surface area contributed by atoms with Gasteiger partial charge in [0.2, 0.25) is 11.8 Å². The molecule has 1 atom stereocenters. The van der Waals surface area contributed by atoms with E-state index in [1.807, 2.05) is 6.92 Å². The minimum Gasteiger partial charge on any atom is -0.354 e. The third kappa shape index (κ3) is 7.76.